The van der Waals surface area contributed by atoms with Crippen molar-refractivity contribution < 1.29 is 5.11 Å². The highest BCUT2D eigenvalue weighted by Crippen LogP contribution is 2.55. The van der Waals surface area contributed by atoms with Crippen molar-refractivity contribution in [1.82, 2.24) is 19.9 Å². The van der Waals surface area contributed by atoms with Crippen molar-refractivity contribution in [2.24, 2.45) is 5.41 Å². The van der Waals surface area contributed by atoms with Gasteiger partial charge in [-0.05, 0) is 81.5 Å². The van der Waals surface area contributed by atoms with Gasteiger partial charge in [-0.3, -0.25) is 0 Å². The van der Waals surface area contributed by atoms with Crippen molar-refractivity contribution in [3.8, 4) is 11.3 Å². The topological polar surface area (TPSA) is 74.5 Å². The number of unbranched alkanes of at least 4 members (excludes halogenated alkanes) is 1. The molecule has 35 heavy (non-hydrogen) atoms. The molecular weight excluding hydrogens is 434 g/mol. The lowest BCUT2D eigenvalue weighted by molar-refractivity contribution is 0.0475. The second-order valence-electron chi connectivity index (χ2n) is 10.7. The third-order valence-electron chi connectivity index (χ3n) is 8.58. The molecule has 3 N–H and O–H groups in total. The van der Waals surface area contributed by atoms with Crippen LogP contribution in [0.3, 0.4) is 0 Å². The molecule has 0 spiro atoms. The van der Waals surface area contributed by atoms with E-state index in [4.69, 9.17) is 5.10 Å². The SMILES string of the molecule is C=C(Nc1cc2nccc(-c3ccc(C)c(CCCC)c3)n2n1)C12CCC(NCCO)(CC1)CC2. The van der Waals surface area contributed by atoms with Crippen molar-refractivity contribution in [3.63, 3.8) is 0 Å². The zero-order valence-electron chi connectivity index (χ0n) is 21.2. The molecule has 186 valence electrons. The maximum atomic E-state index is 9.23. The number of aromatic nitrogens is 3. The van der Waals surface area contributed by atoms with Gasteiger partial charge in [0.2, 0.25) is 0 Å². The molecule has 0 radical (unpaired) electrons. The first-order valence-corrected chi connectivity index (χ1v) is 13.2. The van der Waals surface area contributed by atoms with E-state index in [0.29, 0.717) is 6.54 Å². The normalized spacial score (nSPS) is 23.6. The van der Waals surface area contributed by atoms with E-state index in [9.17, 15) is 5.11 Å². The molecule has 0 saturated heterocycles. The summed E-state index contributed by atoms with van der Waals surface area (Å²) in [6.07, 6.45) is 12.2. The maximum Gasteiger partial charge on any atom is 0.157 e. The highest BCUT2D eigenvalue weighted by Gasteiger charge is 2.49. The maximum absolute atomic E-state index is 9.23. The van der Waals surface area contributed by atoms with Gasteiger partial charge >= 0.3 is 0 Å². The van der Waals surface area contributed by atoms with Gasteiger partial charge in [0.25, 0.3) is 0 Å². The highest BCUT2D eigenvalue weighted by molar-refractivity contribution is 5.66. The minimum atomic E-state index is 0.125. The molecule has 3 aliphatic carbocycles. The second-order valence-corrected chi connectivity index (χ2v) is 10.7. The number of anilines is 1. The van der Waals surface area contributed by atoms with Crippen LogP contribution < -0.4 is 10.6 Å². The zero-order chi connectivity index (χ0) is 24.5. The van der Waals surface area contributed by atoms with E-state index >= 15 is 0 Å². The molecule has 2 heterocycles. The predicted octanol–water partition coefficient (Wildman–Crippen LogP) is 5.65. The number of allylic oxidation sites excluding steroid dienone is 1. The predicted molar refractivity (Wildman–Crippen MR) is 142 cm³/mol. The van der Waals surface area contributed by atoms with Crippen LogP contribution in [0.5, 0.6) is 0 Å². The number of β-amino-alcohol motifs (C(OH)–C–C–N with tert-alkyl or cyclic N) is 1. The fourth-order valence-corrected chi connectivity index (χ4v) is 6.15. The van der Waals surface area contributed by atoms with Crippen LogP contribution in [0, 0.1) is 12.3 Å². The minimum absolute atomic E-state index is 0.125. The molecule has 0 aliphatic heterocycles. The quantitative estimate of drug-likeness (QED) is 0.355. The number of aliphatic hydroxyl groups is 1. The largest absolute Gasteiger partial charge is 0.395 e. The summed E-state index contributed by atoms with van der Waals surface area (Å²) in [5.41, 5.74) is 7.23. The van der Waals surface area contributed by atoms with Gasteiger partial charge in [-0.15, -0.1) is 5.10 Å². The van der Waals surface area contributed by atoms with Gasteiger partial charge in [0.1, 0.15) is 0 Å². The molecule has 3 aromatic rings. The van der Waals surface area contributed by atoms with Crippen LogP contribution in [0.2, 0.25) is 0 Å². The van der Waals surface area contributed by atoms with E-state index in [-0.39, 0.29) is 17.6 Å². The van der Waals surface area contributed by atoms with Crippen LogP contribution in [-0.4, -0.2) is 38.4 Å². The molecular formula is C29H39N5O. The summed E-state index contributed by atoms with van der Waals surface area (Å²) in [6, 6.07) is 10.8. The molecule has 1 aromatic carbocycles. The van der Waals surface area contributed by atoms with Gasteiger partial charge in [-0.25, -0.2) is 9.50 Å². The molecule has 3 fully saturated rings. The first kappa shape index (κ1) is 24.0. The molecule has 6 nitrogen and oxygen atoms in total. The molecule has 2 aromatic heterocycles. The van der Waals surface area contributed by atoms with Crippen LogP contribution in [0.15, 0.2) is 48.8 Å². The molecule has 2 bridgehead atoms. The van der Waals surface area contributed by atoms with Crippen molar-refractivity contribution >= 4 is 11.5 Å². The Kier molecular flexibility index (Phi) is 6.69. The molecule has 3 saturated carbocycles. The number of aryl methyl sites for hydroxylation is 2. The summed E-state index contributed by atoms with van der Waals surface area (Å²) in [7, 11) is 0. The summed E-state index contributed by atoms with van der Waals surface area (Å²) < 4.78 is 1.95. The number of benzene rings is 1. The van der Waals surface area contributed by atoms with E-state index < -0.39 is 0 Å². The van der Waals surface area contributed by atoms with Crippen molar-refractivity contribution in [2.75, 3.05) is 18.5 Å². The Balaban J connectivity index is 1.35. The second kappa shape index (κ2) is 9.75. The first-order chi connectivity index (χ1) is 17.0. The van der Waals surface area contributed by atoms with Crippen molar-refractivity contribution in [1.29, 1.82) is 0 Å². The molecule has 6 heteroatoms. The van der Waals surface area contributed by atoms with Crippen LogP contribution in [0.1, 0.15) is 69.4 Å². The Morgan fingerprint density at radius 3 is 2.60 bits per heavy atom. The fourth-order valence-electron chi connectivity index (χ4n) is 6.15. The Bertz CT molecular complexity index is 1190. The van der Waals surface area contributed by atoms with E-state index in [0.717, 1.165) is 67.8 Å². The Labute approximate surface area is 208 Å². The summed E-state index contributed by atoms with van der Waals surface area (Å²) in [6.45, 7) is 9.81. The van der Waals surface area contributed by atoms with Crippen LogP contribution >= 0.6 is 0 Å². The van der Waals surface area contributed by atoms with Crippen molar-refractivity contribution in [3.05, 3.63) is 59.9 Å². The Morgan fingerprint density at radius 2 is 1.89 bits per heavy atom. The van der Waals surface area contributed by atoms with Crippen LogP contribution in [-0.2, 0) is 6.42 Å². The van der Waals surface area contributed by atoms with Gasteiger partial charge in [-0.2, -0.15) is 0 Å². The third-order valence-corrected chi connectivity index (χ3v) is 8.58. The molecule has 6 rings (SSSR count). The van der Waals surface area contributed by atoms with E-state index in [1.807, 2.05) is 22.8 Å². The number of fused-ring (bicyclic) bond motifs is 4. The molecule has 0 atom stereocenters. The molecule has 3 aliphatic rings. The van der Waals surface area contributed by atoms with Gasteiger partial charge in [0, 0.05) is 41.0 Å². The van der Waals surface area contributed by atoms with Crippen molar-refractivity contribution in [2.45, 2.75) is 77.2 Å². The van der Waals surface area contributed by atoms with Crippen LogP contribution in [0.25, 0.3) is 16.9 Å². The number of aliphatic hydroxyl groups excluding tert-OH is 1. The summed E-state index contributed by atoms with van der Waals surface area (Å²) >= 11 is 0. The van der Waals surface area contributed by atoms with Crippen LogP contribution in [0.4, 0.5) is 5.82 Å². The lowest BCUT2D eigenvalue weighted by Gasteiger charge is -2.54. The average Bonchev–Trinajstić information content (AvgIpc) is 3.31. The van der Waals surface area contributed by atoms with Gasteiger partial charge in [0.15, 0.2) is 11.5 Å². The standard InChI is InChI=1S/C29H39N5O/c1-4-5-6-23-19-24(8-7-21(23)2)25-9-16-30-27-20-26(33-34(25)27)32-22(3)28-10-13-29(14-11-28,15-12-28)31-17-18-35/h7-9,16,19-20,31,35H,3-6,10-15,17-18H2,1-2H3,(H,32,33). The highest BCUT2D eigenvalue weighted by atomic mass is 16.3. The number of hydrogen-bond acceptors (Lipinski definition) is 5. The summed E-state index contributed by atoms with van der Waals surface area (Å²) in [4.78, 5) is 4.58. The van der Waals surface area contributed by atoms with Gasteiger partial charge in [0.05, 0.1) is 12.3 Å². The zero-order valence-corrected chi connectivity index (χ0v) is 21.2. The van der Waals surface area contributed by atoms with E-state index in [2.05, 4.69) is 54.2 Å². The fraction of sp³-hybridized carbons (Fsp3) is 0.517. The number of nitrogens with one attached hydrogen (secondary N) is 2. The molecule has 0 unspecified atom stereocenters. The minimum Gasteiger partial charge on any atom is -0.395 e. The third kappa shape index (κ3) is 4.62. The van der Waals surface area contributed by atoms with Gasteiger partial charge < -0.3 is 15.7 Å². The monoisotopic (exact) mass is 473 g/mol. The number of hydrogen-bond donors (Lipinski definition) is 3. The van der Waals surface area contributed by atoms with E-state index in [1.165, 1.54) is 29.5 Å². The Hall–Kier alpha value is -2.70. The molecule has 0 amide bonds. The summed E-state index contributed by atoms with van der Waals surface area (Å²) in [5, 5.41) is 21.3. The van der Waals surface area contributed by atoms with E-state index in [1.54, 1.807) is 0 Å². The van der Waals surface area contributed by atoms with Gasteiger partial charge in [-0.1, -0.05) is 32.1 Å². The lowest BCUT2D eigenvalue weighted by Crippen LogP contribution is -2.56. The first-order valence-electron chi connectivity index (χ1n) is 13.2. The Morgan fingerprint density at radius 1 is 1.11 bits per heavy atom. The summed E-state index contributed by atoms with van der Waals surface area (Å²) in [5.74, 6) is 0.809. The number of nitrogens with zero attached hydrogens (tertiary/aromatic N) is 3. The smallest absolute Gasteiger partial charge is 0.157 e. The average molecular weight is 474 g/mol. The number of rotatable bonds is 10. The lowest BCUT2D eigenvalue weighted by atomic mass is 9.56.